The van der Waals surface area contributed by atoms with Crippen molar-refractivity contribution in [2.45, 2.75) is 12.8 Å². The second-order valence-corrected chi connectivity index (χ2v) is 5.14. The first-order valence-electron chi connectivity index (χ1n) is 7.02. The average molecular weight is 295 g/mol. The van der Waals surface area contributed by atoms with Crippen LogP contribution in [0.4, 0.5) is 4.39 Å². The van der Waals surface area contributed by atoms with E-state index in [1.54, 1.807) is 18.2 Å². The number of carbonyl (C=O) groups is 2. The molecule has 1 N–H and O–H groups in total. The molecule has 0 spiro atoms. The molecule has 22 heavy (non-hydrogen) atoms. The van der Waals surface area contributed by atoms with Crippen LogP contribution in [0.2, 0.25) is 0 Å². The monoisotopic (exact) mass is 295 g/mol. The van der Waals surface area contributed by atoms with Gasteiger partial charge in [0.05, 0.1) is 0 Å². The molecule has 0 bridgehead atoms. The van der Waals surface area contributed by atoms with Crippen molar-refractivity contribution in [3.05, 3.63) is 71.7 Å². The van der Waals surface area contributed by atoms with E-state index in [2.05, 4.69) is 4.98 Å². The van der Waals surface area contributed by atoms with Crippen molar-refractivity contribution in [1.82, 2.24) is 4.98 Å². The zero-order chi connectivity index (χ0) is 15.5. The molecule has 1 aromatic heterocycles. The lowest BCUT2D eigenvalue weighted by atomic mass is 10.0. The Morgan fingerprint density at radius 2 is 1.64 bits per heavy atom. The summed E-state index contributed by atoms with van der Waals surface area (Å²) in [6.07, 6.45) is 2.01. The van der Waals surface area contributed by atoms with Gasteiger partial charge in [-0.05, 0) is 36.4 Å². The maximum absolute atomic E-state index is 13.1. The van der Waals surface area contributed by atoms with Crippen molar-refractivity contribution >= 4 is 22.5 Å². The lowest BCUT2D eigenvalue weighted by Crippen LogP contribution is -2.05. The number of ketones is 2. The van der Waals surface area contributed by atoms with Crippen LogP contribution in [0.15, 0.2) is 54.7 Å². The molecule has 2 aromatic carbocycles. The van der Waals surface area contributed by atoms with E-state index in [1.165, 1.54) is 18.2 Å². The van der Waals surface area contributed by atoms with Gasteiger partial charge < -0.3 is 4.98 Å². The second-order valence-electron chi connectivity index (χ2n) is 5.14. The molecule has 3 nitrogen and oxygen atoms in total. The van der Waals surface area contributed by atoms with E-state index in [0.29, 0.717) is 11.1 Å². The van der Waals surface area contributed by atoms with Gasteiger partial charge in [0.25, 0.3) is 0 Å². The molecule has 0 aliphatic rings. The minimum atomic E-state index is -0.449. The van der Waals surface area contributed by atoms with Crippen LogP contribution in [-0.2, 0) is 0 Å². The highest BCUT2D eigenvalue weighted by Gasteiger charge is 2.12. The number of aromatic nitrogens is 1. The number of benzene rings is 2. The summed E-state index contributed by atoms with van der Waals surface area (Å²) in [5, 5.41) is 0.960. The molecule has 4 heteroatoms. The van der Waals surface area contributed by atoms with E-state index in [-0.39, 0.29) is 24.4 Å². The molecule has 0 aliphatic heterocycles. The van der Waals surface area contributed by atoms with Gasteiger partial charge in [-0.15, -0.1) is 0 Å². The van der Waals surface area contributed by atoms with E-state index in [9.17, 15) is 14.0 Å². The standard InChI is InChI=1S/C18H14FNO2/c19-15-3-1-2-13(11-15)17(21)6-7-18(22)14-4-5-16-12(10-14)8-9-20-16/h1-5,8-11,20H,6-7H2. The molecule has 0 saturated heterocycles. The minimum Gasteiger partial charge on any atom is -0.361 e. The van der Waals surface area contributed by atoms with Crippen molar-refractivity contribution < 1.29 is 14.0 Å². The Morgan fingerprint density at radius 1 is 0.909 bits per heavy atom. The summed E-state index contributed by atoms with van der Waals surface area (Å²) in [5.41, 5.74) is 1.85. The van der Waals surface area contributed by atoms with Gasteiger partial charge in [0.15, 0.2) is 11.6 Å². The number of hydrogen-bond acceptors (Lipinski definition) is 2. The summed E-state index contributed by atoms with van der Waals surface area (Å²) in [6, 6.07) is 12.8. The Hall–Kier alpha value is -2.75. The van der Waals surface area contributed by atoms with Gasteiger partial charge >= 0.3 is 0 Å². The number of H-pyrrole nitrogens is 1. The maximum Gasteiger partial charge on any atom is 0.163 e. The molecule has 0 atom stereocenters. The summed E-state index contributed by atoms with van der Waals surface area (Å²) < 4.78 is 13.1. The third kappa shape index (κ3) is 2.96. The lowest BCUT2D eigenvalue weighted by molar-refractivity contribution is 0.0917. The zero-order valence-corrected chi connectivity index (χ0v) is 11.8. The first-order valence-corrected chi connectivity index (χ1v) is 7.02. The fraction of sp³-hybridized carbons (Fsp3) is 0.111. The molecule has 110 valence electrons. The van der Waals surface area contributed by atoms with Gasteiger partial charge in [-0.25, -0.2) is 4.39 Å². The molecule has 0 unspecified atom stereocenters. The Bertz CT molecular complexity index is 851. The lowest BCUT2D eigenvalue weighted by Gasteiger charge is -2.02. The van der Waals surface area contributed by atoms with Crippen molar-refractivity contribution in [2.75, 3.05) is 0 Å². The molecule has 1 heterocycles. The summed E-state index contributed by atoms with van der Waals surface area (Å²) >= 11 is 0. The Morgan fingerprint density at radius 3 is 2.36 bits per heavy atom. The van der Waals surface area contributed by atoms with Crippen LogP contribution in [0.3, 0.4) is 0 Å². The van der Waals surface area contributed by atoms with Gasteiger partial charge in [-0.2, -0.15) is 0 Å². The van der Waals surface area contributed by atoms with Crippen LogP contribution in [0.25, 0.3) is 10.9 Å². The molecule has 0 fully saturated rings. The van der Waals surface area contributed by atoms with Crippen LogP contribution >= 0.6 is 0 Å². The van der Waals surface area contributed by atoms with Gasteiger partial charge in [0.1, 0.15) is 5.82 Å². The number of aromatic amines is 1. The highest BCUT2D eigenvalue weighted by atomic mass is 19.1. The highest BCUT2D eigenvalue weighted by molar-refractivity contribution is 6.03. The number of fused-ring (bicyclic) bond motifs is 1. The number of halogens is 1. The number of Topliss-reactive ketones (excluding diaryl/α,β-unsaturated/α-hetero) is 2. The predicted octanol–water partition coefficient (Wildman–Crippen LogP) is 4.15. The maximum atomic E-state index is 13.1. The van der Waals surface area contributed by atoms with Crippen LogP contribution < -0.4 is 0 Å². The smallest absolute Gasteiger partial charge is 0.163 e. The van der Waals surface area contributed by atoms with E-state index in [4.69, 9.17) is 0 Å². The normalized spacial score (nSPS) is 10.8. The molecule has 3 rings (SSSR count). The van der Waals surface area contributed by atoms with Crippen molar-refractivity contribution in [2.24, 2.45) is 0 Å². The fourth-order valence-corrected chi connectivity index (χ4v) is 2.40. The predicted molar refractivity (Wildman–Crippen MR) is 82.6 cm³/mol. The average Bonchev–Trinajstić information content (AvgIpc) is 2.99. The van der Waals surface area contributed by atoms with Gasteiger partial charge in [-0.3, -0.25) is 9.59 Å². The number of carbonyl (C=O) groups excluding carboxylic acids is 2. The fourth-order valence-electron chi connectivity index (χ4n) is 2.40. The topological polar surface area (TPSA) is 49.9 Å². The zero-order valence-electron chi connectivity index (χ0n) is 11.8. The number of nitrogens with one attached hydrogen (secondary N) is 1. The molecule has 0 saturated carbocycles. The van der Waals surface area contributed by atoms with Crippen LogP contribution in [0.5, 0.6) is 0 Å². The van der Waals surface area contributed by atoms with E-state index in [1.807, 2.05) is 18.3 Å². The summed E-state index contributed by atoms with van der Waals surface area (Å²) in [4.78, 5) is 27.2. The molecular formula is C18H14FNO2. The summed E-state index contributed by atoms with van der Waals surface area (Å²) in [5.74, 6) is -0.765. The molecule has 0 amide bonds. The SMILES string of the molecule is O=C(CCC(=O)c1ccc2[nH]ccc2c1)c1cccc(F)c1. The minimum absolute atomic E-state index is 0.0768. The third-order valence-corrected chi connectivity index (χ3v) is 3.60. The highest BCUT2D eigenvalue weighted by Crippen LogP contribution is 2.17. The number of rotatable bonds is 5. The first-order chi connectivity index (χ1) is 10.6. The van der Waals surface area contributed by atoms with Crippen molar-refractivity contribution in [3.8, 4) is 0 Å². The van der Waals surface area contributed by atoms with Crippen molar-refractivity contribution in [3.63, 3.8) is 0 Å². The second kappa shape index (κ2) is 5.93. The van der Waals surface area contributed by atoms with Crippen LogP contribution in [0.1, 0.15) is 33.6 Å². The first kappa shape index (κ1) is 14.2. The van der Waals surface area contributed by atoms with Crippen LogP contribution in [0, 0.1) is 5.82 Å². The van der Waals surface area contributed by atoms with Crippen molar-refractivity contribution in [1.29, 1.82) is 0 Å². The summed E-state index contributed by atoms with van der Waals surface area (Å²) in [6.45, 7) is 0. The Balaban J connectivity index is 1.67. The molecule has 0 radical (unpaired) electrons. The van der Waals surface area contributed by atoms with E-state index >= 15 is 0 Å². The van der Waals surface area contributed by atoms with Gasteiger partial charge in [0, 0.05) is 41.1 Å². The molecule has 3 aromatic rings. The third-order valence-electron chi connectivity index (χ3n) is 3.60. The molecule has 0 aliphatic carbocycles. The largest absolute Gasteiger partial charge is 0.361 e. The molecular weight excluding hydrogens is 281 g/mol. The van der Waals surface area contributed by atoms with E-state index < -0.39 is 5.82 Å². The Labute approximate surface area is 126 Å². The van der Waals surface area contributed by atoms with Gasteiger partial charge in [-0.1, -0.05) is 12.1 Å². The number of hydrogen-bond donors (Lipinski definition) is 1. The van der Waals surface area contributed by atoms with Gasteiger partial charge in [0.2, 0.25) is 0 Å². The Kier molecular flexibility index (Phi) is 3.83. The quantitative estimate of drug-likeness (QED) is 0.719. The van der Waals surface area contributed by atoms with Crippen LogP contribution in [-0.4, -0.2) is 16.6 Å². The summed E-state index contributed by atoms with van der Waals surface area (Å²) in [7, 11) is 0. The van der Waals surface area contributed by atoms with E-state index in [0.717, 1.165) is 10.9 Å².